The Balaban J connectivity index is 1.62. The number of carbonyl (C=O) groups excluding carboxylic acids is 1. The predicted molar refractivity (Wildman–Crippen MR) is 135 cm³/mol. The lowest BCUT2D eigenvalue weighted by molar-refractivity contribution is -0.143. The molecule has 2 atom stereocenters. The van der Waals surface area contributed by atoms with E-state index < -0.39 is 41.7 Å². The molecule has 1 aliphatic carbocycles. The highest BCUT2D eigenvalue weighted by Crippen LogP contribution is 2.41. The van der Waals surface area contributed by atoms with Crippen LogP contribution in [0.2, 0.25) is 0 Å². The van der Waals surface area contributed by atoms with Gasteiger partial charge in [0.05, 0.1) is 29.9 Å². The fraction of sp³-hybridized carbons (Fsp3) is 0.577. The molecule has 13 heteroatoms. The van der Waals surface area contributed by atoms with E-state index in [1.807, 2.05) is 6.92 Å². The summed E-state index contributed by atoms with van der Waals surface area (Å²) < 4.78 is 86.2. The Hall–Kier alpha value is -2.57. The first kappa shape index (κ1) is 29.4. The van der Waals surface area contributed by atoms with E-state index in [2.05, 4.69) is 30.8 Å². The van der Waals surface area contributed by atoms with Crippen LogP contribution in [-0.2, 0) is 23.6 Å². The fourth-order valence-corrected chi connectivity index (χ4v) is 5.59. The maximum absolute atomic E-state index is 13.4. The molecule has 0 bridgehead atoms. The summed E-state index contributed by atoms with van der Waals surface area (Å²) >= 11 is 3.31. The van der Waals surface area contributed by atoms with E-state index in [0.717, 1.165) is 19.4 Å². The second-order valence-electron chi connectivity index (χ2n) is 10.0. The monoisotopic (exact) mass is 622 g/mol. The SMILES string of the molecule is CCN(CC1CCCCC1)c1ncc(Br)nc1CN1C(=O)OC(c2cc(C(F)(F)F)cc(C(F)(F)F)c2)[C@@H]1C. The van der Waals surface area contributed by atoms with Crippen molar-refractivity contribution in [3.8, 4) is 0 Å². The number of hydrogen-bond donors (Lipinski definition) is 0. The largest absolute Gasteiger partial charge is 0.439 e. The fourth-order valence-electron chi connectivity index (χ4n) is 5.28. The highest BCUT2D eigenvalue weighted by molar-refractivity contribution is 9.10. The van der Waals surface area contributed by atoms with E-state index >= 15 is 0 Å². The first-order chi connectivity index (χ1) is 18.3. The molecule has 1 amide bonds. The molecule has 1 unspecified atom stereocenters. The molecular formula is C26H29BrF6N4O2. The van der Waals surface area contributed by atoms with Crippen molar-refractivity contribution in [2.24, 2.45) is 5.92 Å². The number of alkyl halides is 6. The number of anilines is 1. The smallest absolute Gasteiger partial charge is 0.416 e. The van der Waals surface area contributed by atoms with Gasteiger partial charge in [-0.2, -0.15) is 26.3 Å². The van der Waals surface area contributed by atoms with Gasteiger partial charge in [-0.25, -0.2) is 14.8 Å². The number of cyclic esters (lactones) is 1. The van der Waals surface area contributed by atoms with Gasteiger partial charge in [0.25, 0.3) is 0 Å². The summed E-state index contributed by atoms with van der Waals surface area (Å²) in [6.07, 6.45) is -4.87. The van der Waals surface area contributed by atoms with Gasteiger partial charge >= 0.3 is 18.4 Å². The normalized spacial score (nSPS) is 20.8. The third-order valence-electron chi connectivity index (χ3n) is 7.33. The third kappa shape index (κ3) is 6.78. The quantitative estimate of drug-likeness (QED) is 0.295. The zero-order valence-electron chi connectivity index (χ0n) is 21.4. The summed E-state index contributed by atoms with van der Waals surface area (Å²) in [4.78, 5) is 25.3. The van der Waals surface area contributed by atoms with Crippen LogP contribution >= 0.6 is 15.9 Å². The Kier molecular flexibility index (Phi) is 8.67. The van der Waals surface area contributed by atoms with Crippen LogP contribution in [0, 0.1) is 5.92 Å². The summed E-state index contributed by atoms with van der Waals surface area (Å²) in [7, 11) is 0. The molecule has 39 heavy (non-hydrogen) atoms. The second kappa shape index (κ2) is 11.5. The molecule has 1 aliphatic heterocycles. The Morgan fingerprint density at radius 2 is 1.67 bits per heavy atom. The average Bonchev–Trinajstić information content (AvgIpc) is 3.15. The number of ether oxygens (including phenoxy) is 1. The molecular weight excluding hydrogens is 594 g/mol. The minimum atomic E-state index is -5.01. The van der Waals surface area contributed by atoms with Crippen molar-refractivity contribution >= 4 is 27.8 Å². The summed E-state index contributed by atoms with van der Waals surface area (Å²) in [5, 5.41) is 0. The number of amides is 1. The van der Waals surface area contributed by atoms with Gasteiger partial charge in [0, 0.05) is 13.1 Å². The van der Waals surface area contributed by atoms with E-state index in [1.165, 1.54) is 31.1 Å². The maximum Gasteiger partial charge on any atom is 0.416 e. The molecule has 214 valence electrons. The van der Waals surface area contributed by atoms with Crippen molar-refractivity contribution in [2.45, 2.75) is 77.0 Å². The van der Waals surface area contributed by atoms with Crippen LogP contribution in [0.3, 0.4) is 0 Å². The predicted octanol–water partition coefficient (Wildman–Crippen LogP) is 7.77. The van der Waals surface area contributed by atoms with E-state index in [0.29, 0.717) is 40.7 Å². The second-order valence-corrected chi connectivity index (χ2v) is 10.8. The van der Waals surface area contributed by atoms with Gasteiger partial charge in [-0.15, -0.1) is 0 Å². The van der Waals surface area contributed by atoms with Crippen LogP contribution in [0.4, 0.5) is 37.0 Å². The molecule has 1 aromatic heterocycles. The Morgan fingerprint density at radius 3 is 2.23 bits per heavy atom. The molecule has 0 spiro atoms. The van der Waals surface area contributed by atoms with Crippen molar-refractivity contribution in [1.29, 1.82) is 0 Å². The minimum Gasteiger partial charge on any atom is -0.439 e. The molecule has 6 nitrogen and oxygen atoms in total. The van der Waals surface area contributed by atoms with Gasteiger partial charge in [0.15, 0.2) is 5.82 Å². The lowest BCUT2D eigenvalue weighted by Crippen LogP contribution is -2.35. The van der Waals surface area contributed by atoms with Crippen LogP contribution in [0.25, 0.3) is 0 Å². The zero-order valence-corrected chi connectivity index (χ0v) is 23.0. The van der Waals surface area contributed by atoms with Crippen LogP contribution in [-0.4, -0.2) is 40.1 Å². The van der Waals surface area contributed by atoms with Gasteiger partial charge in [-0.05, 0) is 72.3 Å². The van der Waals surface area contributed by atoms with Crippen LogP contribution in [0.1, 0.15) is 74.4 Å². The number of benzene rings is 1. The Labute approximate surface area is 230 Å². The van der Waals surface area contributed by atoms with E-state index in [9.17, 15) is 31.1 Å². The highest BCUT2D eigenvalue weighted by Gasteiger charge is 2.43. The van der Waals surface area contributed by atoms with Crippen molar-refractivity contribution in [1.82, 2.24) is 14.9 Å². The molecule has 2 heterocycles. The lowest BCUT2D eigenvalue weighted by Gasteiger charge is -2.31. The van der Waals surface area contributed by atoms with E-state index in [1.54, 1.807) is 6.20 Å². The number of hydrogen-bond acceptors (Lipinski definition) is 5. The van der Waals surface area contributed by atoms with Gasteiger partial charge in [0.2, 0.25) is 0 Å². The average molecular weight is 623 g/mol. The first-order valence-corrected chi connectivity index (χ1v) is 13.6. The number of halogens is 7. The number of aromatic nitrogens is 2. The van der Waals surface area contributed by atoms with Gasteiger partial charge in [-0.3, -0.25) is 4.90 Å². The topological polar surface area (TPSA) is 58.6 Å². The number of nitrogens with zero attached hydrogens (tertiary/aromatic N) is 4. The van der Waals surface area contributed by atoms with Crippen molar-refractivity contribution in [3.63, 3.8) is 0 Å². The molecule has 1 aromatic carbocycles. The molecule has 2 aromatic rings. The number of carbonyl (C=O) groups is 1. The number of rotatable bonds is 7. The van der Waals surface area contributed by atoms with Gasteiger partial charge < -0.3 is 9.64 Å². The van der Waals surface area contributed by atoms with Gasteiger partial charge in [0.1, 0.15) is 16.4 Å². The highest BCUT2D eigenvalue weighted by atomic mass is 79.9. The van der Waals surface area contributed by atoms with Crippen molar-refractivity contribution in [2.75, 3.05) is 18.0 Å². The standard InChI is InChI=1S/C26H29BrF6N4O2/c1-3-36(13-16-7-5-4-6-8-16)23-20(35-21(27)12-34-23)14-37-15(2)22(39-24(37)38)17-9-18(25(28,29)30)11-19(10-17)26(31,32)33/h9-12,15-16,22H,3-8,13-14H2,1-2H3/t15-,22?/m0/s1. The molecule has 2 aliphatic rings. The molecule has 1 saturated heterocycles. The Morgan fingerprint density at radius 1 is 1.05 bits per heavy atom. The molecule has 0 N–H and O–H groups in total. The van der Waals surface area contributed by atoms with Crippen molar-refractivity contribution < 1.29 is 35.9 Å². The Bertz CT molecular complexity index is 1150. The lowest BCUT2D eigenvalue weighted by atomic mass is 9.89. The van der Waals surface area contributed by atoms with Crippen LogP contribution in [0.5, 0.6) is 0 Å². The minimum absolute atomic E-state index is 0.0533. The van der Waals surface area contributed by atoms with E-state index in [-0.39, 0.29) is 18.2 Å². The summed E-state index contributed by atoms with van der Waals surface area (Å²) in [5.74, 6) is 1.08. The molecule has 0 radical (unpaired) electrons. The zero-order chi connectivity index (χ0) is 28.5. The summed E-state index contributed by atoms with van der Waals surface area (Å²) in [6, 6.07) is 0.378. The summed E-state index contributed by atoms with van der Waals surface area (Å²) in [5.41, 5.74) is -2.86. The van der Waals surface area contributed by atoms with Crippen molar-refractivity contribution in [3.05, 3.63) is 51.4 Å². The molecule has 1 saturated carbocycles. The van der Waals surface area contributed by atoms with Gasteiger partial charge in [-0.1, -0.05) is 19.3 Å². The first-order valence-electron chi connectivity index (χ1n) is 12.8. The summed E-state index contributed by atoms with van der Waals surface area (Å²) in [6.45, 7) is 4.85. The van der Waals surface area contributed by atoms with E-state index in [4.69, 9.17) is 4.74 Å². The van der Waals surface area contributed by atoms with Crippen LogP contribution < -0.4 is 4.90 Å². The van der Waals surface area contributed by atoms with Crippen LogP contribution in [0.15, 0.2) is 29.0 Å². The molecule has 4 rings (SSSR count). The maximum atomic E-state index is 13.4. The molecule has 2 fully saturated rings. The third-order valence-corrected chi connectivity index (χ3v) is 7.71.